The highest BCUT2D eigenvalue weighted by atomic mass is 79.9. The lowest BCUT2D eigenvalue weighted by Gasteiger charge is -2.31. The molecule has 0 radical (unpaired) electrons. The first kappa shape index (κ1) is 15.3. The van der Waals surface area contributed by atoms with Crippen molar-refractivity contribution in [1.29, 1.82) is 0 Å². The van der Waals surface area contributed by atoms with E-state index >= 15 is 0 Å². The van der Waals surface area contributed by atoms with Gasteiger partial charge in [0, 0.05) is 35.3 Å². The number of piperazine rings is 1. The molecule has 0 saturated carbocycles. The Labute approximate surface area is 129 Å². The second kappa shape index (κ2) is 6.14. The van der Waals surface area contributed by atoms with Gasteiger partial charge in [-0.05, 0) is 44.5 Å². The van der Waals surface area contributed by atoms with Crippen LogP contribution in [0.3, 0.4) is 0 Å². The van der Waals surface area contributed by atoms with E-state index in [4.69, 9.17) is 0 Å². The maximum absolute atomic E-state index is 11.6. The zero-order valence-electron chi connectivity index (χ0n) is 12.3. The molecule has 1 aromatic rings. The van der Waals surface area contributed by atoms with Crippen molar-refractivity contribution in [3.05, 3.63) is 28.2 Å². The van der Waals surface area contributed by atoms with E-state index in [9.17, 15) is 4.79 Å². The second-order valence-corrected chi connectivity index (χ2v) is 7.06. The number of nitrogens with one attached hydrogen (secondary N) is 2. The van der Waals surface area contributed by atoms with Crippen molar-refractivity contribution in [3.8, 4) is 0 Å². The summed E-state index contributed by atoms with van der Waals surface area (Å²) in [6, 6.07) is 6.24. The maximum Gasteiger partial charge on any atom is 0.239 e. The lowest BCUT2D eigenvalue weighted by Crippen LogP contribution is -2.48. The minimum Gasteiger partial charge on any atom is -0.360 e. The topological polar surface area (TPSA) is 44.4 Å². The molecule has 0 bridgehead atoms. The molecule has 2 rings (SSSR count). The summed E-state index contributed by atoms with van der Waals surface area (Å²) in [5.41, 5.74) is 2.42. The predicted octanol–water partition coefficient (Wildman–Crippen LogP) is 2.27. The SMILES string of the molecule is CC(C)(C)NCc1cc(Br)ccc1N1CCNC(=O)C1. The Morgan fingerprint density at radius 3 is 2.80 bits per heavy atom. The smallest absolute Gasteiger partial charge is 0.239 e. The molecule has 0 atom stereocenters. The van der Waals surface area contributed by atoms with E-state index in [-0.39, 0.29) is 11.4 Å². The van der Waals surface area contributed by atoms with Gasteiger partial charge in [-0.3, -0.25) is 4.79 Å². The van der Waals surface area contributed by atoms with Gasteiger partial charge in [0.1, 0.15) is 0 Å². The molecule has 2 N–H and O–H groups in total. The molecule has 110 valence electrons. The van der Waals surface area contributed by atoms with Gasteiger partial charge < -0.3 is 15.5 Å². The summed E-state index contributed by atoms with van der Waals surface area (Å²) in [6.07, 6.45) is 0. The molecule has 0 spiro atoms. The van der Waals surface area contributed by atoms with Crippen molar-refractivity contribution in [1.82, 2.24) is 10.6 Å². The van der Waals surface area contributed by atoms with E-state index in [0.29, 0.717) is 13.1 Å². The molecule has 1 aromatic carbocycles. The van der Waals surface area contributed by atoms with Gasteiger partial charge in [-0.2, -0.15) is 0 Å². The molecule has 1 saturated heterocycles. The maximum atomic E-state index is 11.6. The fourth-order valence-corrected chi connectivity index (χ4v) is 2.62. The standard InChI is InChI=1S/C15H22BrN3O/c1-15(2,3)18-9-11-8-12(16)4-5-13(11)19-7-6-17-14(20)10-19/h4-5,8,18H,6-7,9-10H2,1-3H3,(H,17,20). The van der Waals surface area contributed by atoms with Gasteiger partial charge >= 0.3 is 0 Å². The van der Waals surface area contributed by atoms with Gasteiger partial charge in [-0.25, -0.2) is 0 Å². The van der Waals surface area contributed by atoms with Crippen molar-refractivity contribution in [2.75, 3.05) is 24.5 Å². The number of hydrogen-bond acceptors (Lipinski definition) is 3. The third-order valence-electron chi connectivity index (χ3n) is 3.23. The average molecular weight is 340 g/mol. The molecule has 1 heterocycles. The number of anilines is 1. The summed E-state index contributed by atoms with van der Waals surface area (Å²) in [5.74, 6) is 0.0916. The Kier molecular flexibility index (Phi) is 4.70. The van der Waals surface area contributed by atoms with Gasteiger partial charge in [0.15, 0.2) is 0 Å². The second-order valence-electron chi connectivity index (χ2n) is 6.15. The fraction of sp³-hybridized carbons (Fsp3) is 0.533. The van der Waals surface area contributed by atoms with E-state index in [1.807, 2.05) is 6.07 Å². The first-order valence-corrected chi connectivity index (χ1v) is 7.69. The molecule has 1 aliphatic rings. The predicted molar refractivity (Wildman–Crippen MR) is 86.0 cm³/mol. The Morgan fingerprint density at radius 2 is 2.15 bits per heavy atom. The van der Waals surface area contributed by atoms with Gasteiger partial charge in [0.2, 0.25) is 5.91 Å². The van der Waals surface area contributed by atoms with E-state index < -0.39 is 0 Å². The normalized spacial score (nSPS) is 16.2. The van der Waals surface area contributed by atoms with Crippen molar-refractivity contribution in [2.45, 2.75) is 32.9 Å². The highest BCUT2D eigenvalue weighted by molar-refractivity contribution is 9.10. The minimum atomic E-state index is 0.0683. The third kappa shape index (κ3) is 4.21. The number of carbonyl (C=O) groups excluding carboxylic acids is 1. The first-order valence-electron chi connectivity index (χ1n) is 6.90. The quantitative estimate of drug-likeness (QED) is 0.887. The van der Waals surface area contributed by atoms with Crippen LogP contribution in [0.25, 0.3) is 0 Å². The largest absolute Gasteiger partial charge is 0.360 e. The van der Waals surface area contributed by atoms with Crippen molar-refractivity contribution in [2.24, 2.45) is 0 Å². The van der Waals surface area contributed by atoms with Crippen LogP contribution in [0.15, 0.2) is 22.7 Å². The van der Waals surface area contributed by atoms with E-state index in [1.165, 1.54) is 5.56 Å². The third-order valence-corrected chi connectivity index (χ3v) is 3.72. The van der Waals surface area contributed by atoms with Crippen LogP contribution in [0.4, 0.5) is 5.69 Å². The van der Waals surface area contributed by atoms with E-state index in [0.717, 1.165) is 23.2 Å². The van der Waals surface area contributed by atoms with E-state index in [1.54, 1.807) is 0 Å². The van der Waals surface area contributed by atoms with Crippen molar-refractivity contribution < 1.29 is 4.79 Å². The Morgan fingerprint density at radius 1 is 1.40 bits per heavy atom. The Bertz CT molecular complexity index is 496. The van der Waals surface area contributed by atoms with Crippen LogP contribution in [-0.4, -0.2) is 31.1 Å². The average Bonchev–Trinajstić information content (AvgIpc) is 2.35. The number of carbonyl (C=O) groups is 1. The monoisotopic (exact) mass is 339 g/mol. The number of nitrogens with zero attached hydrogens (tertiary/aromatic N) is 1. The van der Waals surface area contributed by atoms with Crippen LogP contribution in [0.5, 0.6) is 0 Å². The summed E-state index contributed by atoms with van der Waals surface area (Å²) in [7, 11) is 0. The number of benzene rings is 1. The molecule has 1 aliphatic heterocycles. The lowest BCUT2D eigenvalue weighted by molar-refractivity contribution is -0.120. The van der Waals surface area contributed by atoms with Crippen LogP contribution < -0.4 is 15.5 Å². The Hall–Kier alpha value is -1.07. The van der Waals surface area contributed by atoms with Crippen LogP contribution >= 0.6 is 15.9 Å². The zero-order chi connectivity index (χ0) is 14.8. The van der Waals surface area contributed by atoms with Gasteiger partial charge in [-0.15, -0.1) is 0 Å². The lowest BCUT2D eigenvalue weighted by atomic mass is 10.1. The highest BCUT2D eigenvalue weighted by Gasteiger charge is 2.19. The van der Waals surface area contributed by atoms with Crippen LogP contribution in [0.1, 0.15) is 26.3 Å². The molecule has 0 aromatic heterocycles. The molecular formula is C15H22BrN3O. The van der Waals surface area contributed by atoms with Crippen molar-refractivity contribution >= 4 is 27.5 Å². The molecule has 20 heavy (non-hydrogen) atoms. The van der Waals surface area contributed by atoms with Crippen LogP contribution in [0.2, 0.25) is 0 Å². The first-order chi connectivity index (χ1) is 9.35. The molecule has 1 fully saturated rings. The molecular weight excluding hydrogens is 318 g/mol. The van der Waals surface area contributed by atoms with Gasteiger partial charge in [0.25, 0.3) is 0 Å². The zero-order valence-corrected chi connectivity index (χ0v) is 13.9. The minimum absolute atomic E-state index is 0.0683. The Balaban J connectivity index is 2.21. The number of hydrogen-bond donors (Lipinski definition) is 2. The fourth-order valence-electron chi connectivity index (χ4n) is 2.21. The molecule has 1 amide bonds. The molecule has 0 unspecified atom stereocenters. The van der Waals surface area contributed by atoms with Crippen LogP contribution in [-0.2, 0) is 11.3 Å². The summed E-state index contributed by atoms with van der Waals surface area (Å²) < 4.78 is 1.06. The number of halogens is 1. The number of rotatable bonds is 3. The molecule has 5 heteroatoms. The van der Waals surface area contributed by atoms with E-state index in [2.05, 4.69) is 64.4 Å². The summed E-state index contributed by atoms with van der Waals surface area (Å²) in [6.45, 7) is 9.24. The summed E-state index contributed by atoms with van der Waals surface area (Å²) in [4.78, 5) is 13.7. The van der Waals surface area contributed by atoms with Gasteiger partial charge in [0.05, 0.1) is 6.54 Å². The summed E-state index contributed by atoms with van der Waals surface area (Å²) in [5, 5.41) is 6.37. The van der Waals surface area contributed by atoms with Crippen LogP contribution in [0, 0.1) is 0 Å². The highest BCUT2D eigenvalue weighted by Crippen LogP contribution is 2.25. The van der Waals surface area contributed by atoms with Gasteiger partial charge in [-0.1, -0.05) is 15.9 Å². The number of amides is 1. The summed E-state index contributed by atoms with van der Waals surface area (Å²) >= 11 is 3.53. The molecule has 4 nitrogen and oxygen atoms in total. The molecule has 0 aliphatic carbocycles. The van der Waals surface area contributed by atoms with Crippen molar-refractivity contribution in [3.63, 3.8) is 0 Å².